The maximum absolute atomic E-state index is 11.7. The maximum Gasteiger partial charge on any atom is 0.407 e. The number of nitrogens with one attached hydrogen (secondary N) is 1. The van der Waals surface area contributed by atoms with E-state index in [1.54, 1.807) is 0 Å². The van der Waals surface area contributed by atoms with Gasteiger partial charge in [0.2, 0.25) is 0 Å². The van der Waals surface area contributed by atoms with Crippen LogP contribution >= 0.6 is 0 Å². The number of esters is 1. The van der Waals surface area contributed by atoms with Gasteiger partial charge in [-0.3, -0.25) is 0 Å². The van der Waals surface area contributed by atoms with E-state index in [-0.39, 0.29) is 5.97 Å². The minimum Gasteiger partial charge on any atom is -0.464 e. The average Bonchev–Trinajstić information content (AvgIpc) is 2.36. The van der Waals surface area contributed by atoms with Crippen LogP contribution in [0.4, 0.5) is 4.79 Å². The minimum atomic E-state index is -0.601. The van der Waals surface area contributed by atoms with Gasteiger partial charge in [-0.15, -0.1) is 0 Å². The highest BCUT2D eigenvalue weighted by atomic mass is 16.6. The molecule has 0 spiro atoms. The molecule has 0 aliphatic rings. The van der Waals surface area contributed by atoms with Crippen molar-refractivity contribution in [3.05, 3.63) is 0 Å². The van der Waals surface area contributed by atoms with Crippen LogP contribution in [0.1, 0.15) is 52.9 Å². The predicted molar refractivity (Wildman–Crippen MR) is 69.3 cm³/mol. The minimum absolute atomic E-state index is 0.357. The third-order valence-electron chi connectivity index (χ3n) is 2.33. The zero-order chi connectivity index (χ0) is 13.8. The van der Waals surface area contributed by atoms with Crippen molar-refractivity contribution in [2.45, 2.75) is 58.9 Å². The molecule has 5 heteroatoms. The number of hydrogen-bond donors (Lipinski definition) is 1. The molecule has 0 aromatic heterocycles. The summed E-state index contributed by atoms with van der Waals surface area (Å²) in [4.78, 5) is 23.1. The summed E-state index contributed by atoms with van der Waals surface area (Å²) in [5.41, 5.74) is 0. The molecule has 18 heavy (non-hydrogen) atoms. The normalized spacial score (nSPS) is 11.7. The van der Waals surface area contributed by atoms with Crippen LogP contribution in [0.15, 0.2) is 0 Å². The highest BCUT2D eigenvalue weighted by Crippen LogP contribution is 2.01. The van der Waals surface area contributed by atoms with E-state index in [2.05, 4.69) is 5.32 Å². The zero-order valence-corrected chi connectivity index (χ0v) is 11.7. The van der Waals surface area contributed by atoms with Gasteiger partial charge in [0.1, 0.15) is 6.04 Å². The summed E-state index contributed by atoms with van der Waals surface area (Å²) in [6, 6.07) is -0.601. The quantitative estimate of drug-likeness (QED) is 0.510. The predicted octanol–water partition coefficient (Wildman–Crippen LogP) is 2.63. The van der Waals surface area contributed by atoms with Crippen molar-refractivity contribution in [2.75, 3.05) is 13.2 Å². The van der Waals surface area contributed by atoms with Crippen LogP contribution in [0.3, 0.4) is 0 Å². The van der Waals surface area contributed by atoms with Gasteiger partial charge in [-0.2, -0.15) is 0 Å². The molecular weight excluding hydrogens is 234 g/mol. The smallest absolute Gasteiger partial charge is 0.407 e. The molecule has 0 saturated carbocycles. The summed E-state index contributed by atoms with van der Waals surface area (Å²) in [7, 11) is 0. The van der Waals surface area contributed by atoms with E-state index in [9.17, 15) is 9.59 Å². The summed E-state index contributed by atoms with van der Waals surface area (Å²) in [6.45, 7) is 6.65. The number of amides is 1. The highest BCUT2D eigenvalue weighted by molar-refractivity contribution is 5.81. The number of carbonyl (C=O) groups is 2. The number of alkyl carbamates (subject to hydrolysis) is 1. The lowest BCUT2D eigenvalue weighted by Gasteiger charge is -2.16. The number of carbonyl (C=O) groups excluding carboxylic acids is 2. The third kappa shape index (κ3) is 7.92. The van der Waals surface area contributed by atoms with Crippen molar-refractivity contribution in [2.24, 2.45) is 0 Å². The number of hydrogen-bond acceptors (Lipinski definition) is 4. The molecule has 0 aromatic carbocycles. The van der Waals surface area contributed by atoms with Crippen molar-refractivity contribution >= 4 is 12.1 Å². The first kappa shape index (κ1) is 16.7. The number of unbranched alkanes of at least 4 members (excludes halogenated alkanes) is 1. The molecule has 5 nitrogen and oxygen atoms in total. The van der Waals surface area contributed by atoms with Crippen LogP contribution in [-0.4, -0.2) is 31.3 Å². The molecule has 0 aliphatic heterocycles. The van der Waals surface area contributed by atoms with E-state index < -0.39 is 12.1 Å². The lowest BCUT2D eigenvalue weighted by atomic mass is 10.2. The Bertz CT molecular complexity index is 243. The molecule has 0 fully saturated rings. The second-order valence-electron chi connectivity index (χ2n) is 4.14. The van der Waals surface area contributed by atoms with Gasteiger partial charge in [-0.1, -0.05) is 33.6 Å². The molecule has 1 N–H and O–H groups in total. The van der Waals surface area contributed by atoms with Crippen molar-refractivity contribution in [3.63, 3.8) is 0 Å². The summed E-state index contributed by atoms with van der Waals surface area (Å²) in [5, 5.41) is 2.54. The number of rotatable bonds is 9. The van der Waals surface area contributed by atoms with Crippen molar-refractivity contribution in [1.29, 1.82) is 0 Å². The van der Waals surface area contributed by atoms with Crippen LogP contribution in [-0.2, 0) is 14.3 Å². The Labute approximate surface area is 109 Å². The molecule has 0 bridgehead atoms. The first-order chi connectivity index (χ1) is 8.65. The van der Waals surface area contributed by atoms with Crippen LogP contribution in [0.5, 0.6) is 0 Å². The molecule has 1 atom stereocenters. The van der Waals surface area contributed by atoms with Crippen molar-refractivity contribution < 1.29 is 19.1 Å². The van der Waals surface area contributed by atoms with E-state index in [1.165, 1.54) is 0 Å². The SMILES string of the molecule is CCCCOC(=O)C(CCC)NC(=O)OCCC. The van der Waals surface area contributed by atoms with Gasteiger partial charge in [0.15, 0.2) is 0 Å². The van der Waals surface area contributed by atoms with Gasteiger partial charge < -0.3 is 14.8 Å². The van der Waals surface area contributed by atoms with Gasteiger partial charge in [0.25, 0.3) is 0 Å². The topological polar surface area (TPSA) is 64.6 Å². The van der Waals surface area contributed by atoms with Crippen molar-refractivity contribution in [1.82, 2.24) is 5.32 Å². The molecule has 0 radical (unpaired) electrons. The van der Waals surface area contributed by atoms with Gasteiger partial charge in [-0.25, -0.2) is 9.59 Å². The highest BCUT2D eigenvalue weighted by Gasteiger charge is 2.21. The van der Waals surface area contributed by atoms with E-state index in [0.717, 1.165) is 25.7 Å². The molecule has 106 valence electrons. The first-order valence-electron chi connectivity index (χ1n) is 6.75. The largest absolute Gasteiger partial charge is 0.464 e. The summed E-state index contributed by atoms with van der Waals surface area (Å²) >= 11 is 0. The lowest BCUT2D eigenvalue weighted by molar-refractivity contribution is -0.146. The van der Waals surface area contributed by atoms with E-state index >= 15 is 0 Å². The summed E-state index contributed by atoms with van der Waals surface area (Å²) in [5.74, 6) is -0.376. The Hall–Kier alpha value is -1.26. The molecule has 0 aromatic rings. The molecule has 1 amide bonds. The fourth-order valence-electron chi connectivity index (χ4n) is 1.33. The monoisotopic (exact) mass is 259 g/mol. The van der Waals surface area contributed by atoms with Crippen LogP contribution in [0, 0.1) is 0 Å². The summed E-state index contributed by atoms with van der Waals surface area (Å²) in [6.07, 6.45) is 3.37. The second kappa shape index (κ2) is 10.9. The Morgan fingerprint density at radius 1 is 1.00 bits per heavy atom. The Morgan fingerprint density at radius 3 is 2.28 bits per heavy atom. The van der Waals surface area contributed by atoms with Crippen LogP contribution < -0.4 is 5.32 Å². The van der Waals surface area contributed by atoms with Gasteiger partial charge in [0, 0.05) is 0 Å². The Kier molecular flexibility index (Phi) is 10.1. The molecule has 0 aliphatic carbocycles. The van der Waals surface area contributed by atoms with Gasteiger partial charge >= 0.3 is 12.1 Å². The van der Waals surface area contributed by atoms with E-state index in [4.69, 9.17) is 9.47 Å². The zero-order valence-electron chi connectivity index (χ0n) is 11.7. The van der Waals surface area contributed by atoms with E-state index in [1.807, 2.05) is 20.8 Å². The standard InChI is InChI=1S/C13H25NO4/c1-4-7-10-17-12(15)11(8-5-2)14-13(16)18-9-6-3/h11H,4-10H2,1-3H3,(H,14,16). The van der Waals surface area contributed by atoms with E-state index in [0.29, 0.717) is 19.6 Å². The summed E-state index contributed by atoms with van der Waals surface area (Å²) < 4.78 is 9.98. The molecule has 0 heterocycles. The number of ether oxygens (including phenoxy) is 2. The van der Waals surface area contributed by atoms with Crippen LogP contribution in [0.2, 0.25) is 0 Å². The van der Waals surface area contributed by atoms with Gasteiger partial charge in [-0.05, 0) is 19.3 Å². The Balaban J connectivity index is 4.10. The van der Waals surface area contributed by atoms with Gasteiger partial charge in [0.05, 0.1) is 13.2 Å². The molecule has 1 unspecified atom stereocenters. The molecular formula is C13H25NO4. The fourth-order valence-corrected chi connectivity index (χ4v) is 1.33. The van der Waals surface area contributed by atoms with Crippen LogP contribution in [0.25, 0.3) is 0 Å². The third-order valence-corrected chi connectivity index (χ3v) is 2.33. The second-order valence-corrected chi connectivity index (χ2v) is 4.14. The molecule has 0 rings (SSSR count). The Morgan fingerprint density at radius 2 is 1.72 bits per heavy atom. The average molecular weight is 259 g/mol. The first-order valence-corrected chi connectivity index (χ1v) is 6.75. The van der Waals surface area contributed by atoms with Crippen molar-refractivity contribution in [3.8, 4) is 0 Å². The maximum atomic E-state index is 11.7. The molecule has 0 saturated heterocycles. The lowest BCUT2D eigenvalue weighted by Crippen LogP contribution is -2.42. The fraction of sp³-hybridized carbons (Fsp3) is 0.846.